The van der Waals surface area contributed by atoms with Gasteiger partial charge >= 0.3 is 12.1 Å². The van der Waals surface area contributed by atoms with E-state index in [1.807, 2.05) is 30.1 Å². The Labute approximate surface area is 224 Å². The van der Waals surface area contributed by atoms with E-state index in [0.29, 0.717) is 41.4 Å². The van der Waals surface area contributed by atoms with Crippen LogP contribution in [-0.2, 0) is 9.59 Å². The van der Waals surface area contributed by atoms with E-state index in [2.05, 4.69) is 28.2 Å². The molecule has 2 aliphatic heterocycles. The monoisotopic (exact) mass is 548 g/mol. The van der Waals surface area contributed by atoms with Gasteiger partial charge in [-0.1, -0.05) is 6.07 Å². The Balaban J connectivity index is 1.44. The summed E-state index contributed by atoms with van der Waals surface area (Å²) in [4.78, 5) is 32.7. The van der Waals surface area contributed by atoms with Crippen molar-refractivity contribution < 1.29 is 22.8 Å². The van der Waals surface area contributed by atoms with Gasteiger partial charge in [-0.05, 0) is 69.9 Å². The minimum Gasteiger partial charge on any atom is -0.368 e. The highest BCUT2D eigenvalue weighted by Gasteiger charge is 2.45. The van der Waals surface area contributed by atoms with Gasteiger partial charge in [0.25, 0.3) is 0 Å². The van der Waals surface area contributed by atoms with Crippen molar-refractivity contribution in [1.82, 2.24) is 14.7 Å². The Kier molecular flexibility index (Phi) is 8.60. The third-order valence-corrected chi connectivity index (χ3v) is 8.11. The molecule has 2 amide bonds. The van der Waals surface area contributed by atoms with Gasteiger partial charge in [0, 0.05) is 37.1 Å². The van der Waals surface area contributed by atoms with Crippen molar-refractivity contribution in [2.24, 2.45) is 0 Å². The van der Waals surface area contributed by atoms with Crippen LogP contribution in [0.1, 0.15) is 18.4 Å². The number of alkyl halides is 3. The molecule has 0 bridgehead atoms. The molecule has 0 radical (unpaired) electrons. The Morgan fingerprint density at radius 1 is 1.05 bits per heavy atom. The van der Waals surface area contributed by atoms with E-state index in [9.17, 15) is 28.0 Å². The van der Waals surface area contributed by atoms with E-state index in [0.717, 1.165) is 42.3 Å². The molecule has 12 heteroatoms. The summed E-state index contributed by atoms with van der Waals surface area (Å²) < 4.78 is 39.8. The van der Waals surface area contributed by atoms with Crippen LogP contribution in [0.25, 0.3) is 10.4 Å². The highest BCUT2D eigenvalue weighted by atomic mass is 32.1. The highest BCUT2D eigenvalue weighted by Crippen LogP contribution is 2.34. The quantitative estimate of drug-likeness (QED) is 0.596. The van der Waals surface area contributed by atoms with Gasteiger partial charge in [-0.2, -0.15) is 18.4 Å². The Morgan fingerprint density at radius 2 is 1.71 bits per heavy atom. The zero-order chi connectivity index (χ0) is 27.4. The fourth-order valence-corrected chi connectivity index (χ4v) is 5.75. The van der Waals surface area contributed by atoms with Gasteiger partial charge in [0.15, 0.2) is 0 Å². The molecule has 4 rings (SSSR count). The molecule has 8 nitrogen and oxygen atoms in total. The van der Waals surface area contributed by atoms with E-state index < -0.39 is 30.6 Å². The summed E-state index contributed by atoms with van der Waals surface area (Å²) in [5, 5.41) is 12.8. The normalized spacial score (nSPS) is 17.7. The predicted octanol–water partition coefficient (Wildman–Crippen LogP) is 3.46. The second-order valence-electron chi connectivity index (χ2n) is 9.81. The molecule has 3 heterocycles. The van der Waals surface area contributed by atoms with Crippen LogP contribution in [0.15, 0.2) is 30.3 Å². The summed E-state index contributed by atoms with van der Waals surface area (Å²) in [5.41, 5.74) is 2.26. The molecule has 0 spiro atoms. The largest absolute Gasteiger partial charge is 0.471 e. The highest BCUT2D eigenvalue weighted by molar-refractivity contribution is 7.19. The Bertz CT molecular complexity index is 1190. The number of amides is 2. The van der Waals surface area contributed by atoms with Crippen LogP contribution < -0.4 is 10.2 Å². The van der Waals surface area contributed by atoms with Gasteiger partial charge in [-0.15, -0.1) is 11.3 Å². The second kappa shape index (κ2) is 11.7. The maximum Gasteiger partial charge on any atom is 0.471 e. The lowest BCUT2D eigenvalue weighted by atomic mass is 10.0. The molecule has 1 N–H and O–H groups in total. The van der Waals surface area contributed by atoms with Crippen molar-refractivity contribution in [2.75, 3.05) is 70.1 Å². The van der Waals surface area contributed by atoms with Crippen molar-refractivity contribution in [1.29, 1.82) is 5.26 Å². The Morgan fingerprint density at radius 3 is 2.34 bits per heavy atom. The zero-order valence-corrected chi connectivity index (χ0v) is 22.2. The molecule has 38 heavy (non-hydrogen) atoms. The molecule has 2 aliphatic rings. The number of rotatable bonds is 6. The number of hydrogen-bond acceptors (Lipinski definition) is 7. The number of carbonyl (C=O) groups excluding carboxylic acids is 2. The maximum absolute atomic E-state index is 13.3. The molecule has 0 aliphatic carbocycles. The van der Waals surface area contributed by atoms with Crippen LogP contribution in [0.3, 0.4) is 0 Å². The van der Waals surface area contributed by atoms with Crippen LogP contribution in [0.4, 0.5) is 23.9 Å². The lowest BCUT2D eigenvalue weighted by molar-refractivity contribution is -0.188. The van der Waals surface area contributed by atoms with E-state index in [1.165, 1.54) is 11.3 Å². The summed E-state index contributed by atoms with van der Waals surface area (Å²) in [6, 6.07) is 10.8. The first kappa shape index (κ1) is 27.9. The van der Waals surface area contributed by atoms with Gasteiger partial charge < -0.3 is 24.9 Å². The number of piperidine rings is 1. The lowest BCUT2D eigenvalue weighted by Gasteiger charge is -2.37. The fourth-order valence-electron chi connectivity index (χ4n) is 4.83. The van der Waals surface area contributed by atoms with Gasteiger partial charge in [-0.25, -0.2) is 0 Å². The number of anilines is 2. The number of benzene rings is 1. The van der Waals surface area contributed by atoms with Gasteiger partial charge in [0.05, 0.1) is 16.3 Å². The number of thiophene rings is 1. The van der Waals surface area contributed by atoms with Crippen LogP contribution in [0.2, 0.25) is 0 Å². The third-order valence-electron chi connectivity index (χ3n) is 7.06. The minimum atomic E-state index is -5.05. The molecule has 2 saturated heterocycles. The maximum atomic E-state index is 13.3. The SMILES string of the molecule is CN1CCC(N(CC(=O)Nc2ccc(-c3ccc(N4CCN(C)CC4)c(C#N)c3)s2)C(=O)C(F)(F)F)CC1. The summed E-state index contributed by atoms with van der Waals surface area (Å²) in [6.45, 7) is 3.96. The number of nitriles is 1. The second-order valence-corrected chi connectivity index (χ2v) is 10.9. The van der Waals surface area contributed by atoms with E-state index in [1.54, 1.807) is 12.1 Å². The van der Waals surface area contributed by atoms with E-state index in [-0.39, 0.29) is 0 Å². The summed E-state index contributed by atoms with van der Waals surface area (Å²) in [5.74, 6) is -2.67. The molecular weight excluding hydrogens is 517 g/mol. The summed E-state index contributed by atoms with van der Waals surface area (Å²) in [7, 11) is 3.94. The number of piperazine rings is 1. The van der Waals surface area contributed by atoms with Crippen LogP contribution in [0, 0.1) is 11.3 Å². The predicted molar refractivity (Wildman–Crippen MR) is 141 cm³/mol. The molecule has 0 unspecified atom stereocenters. The number of halogens is 3. The number of likely N-dealkylation sites (tertiary alicyclic amines) is 1. The van der Waals surface area contributed by atoms with Crippen LogP contribution in [0.5, 0.6) is 0 Å². The number of nitrogens with one attached hydrogen (secondary N) is 1. The molecule has 1 aromatic heterocycles. The van der Waals surface area contributed by atoms with Gasteiger partial charge in [0.1, 0.15) is 12.6 Å². The molecule has 0 atom stereocenters. The number of nitrogens with zero attached hydrogens (tertiary/aromatic N) is 5. The van der Waals surface area contributed by atoms with E-state index in [4.69, 9.17) is 0 Å². The summed E-state index contributed by atoms with van der Waals surface area (Å²) >= 11 is 1.26. The molecule has 204 valence electrons. The number of carbonyl (C=O) groups is 2. The summed E-state index contributed by atoms with van der Waals surface area (Å²) in [6.07, 6.45) is -4.30. The van der Waals surface area contributed by atoms with Crippen molar-refractivity contribution >= 4 is 33.8 Å². The average Bonchev–Trinajstić information content (AvgIpc) is 3.35. The van der Waals surface area contributed by atoms with Gasteiger partial charge in [-0.3, -0.25) is 9.59 Å². The number of hydrogen-bond donors (Lipinski definition) is 1. The van der Waals surface area contributed by atoms with Gasteiger partial charge in [0.2, 0.25) is 5.91 Å². The molecule has 2 aromatic rings. The zero-order valence-electron chi connectivity index (χ0n) is 21.4. The van der Waals surface area contributed by atoms with Crippen LogP contribution >= 0.6 is 11.3 Å². The van der Waals surface area contributed by atoms with Crippen molar-refractivity contribution in [2.45, 2.75) is 25.1 Å². The minimum absolute atomic E-state index is 0.375. The van der Waals surface area contributed by atoms with Crippen LogP contribution in [-0.4, -0.2) is 98.6 Å². The first-order valence-corrected chi connectivity index (χ1v) is 13.3. The first-order chi connectivity index (χ1) is 18.0. The van der Waals surface area contributed by atoms with Crippen molar-refractivity contribution in [3.8, 4) is 16.5 Å². The number of likely N-dealkylation sites (N-methyl/N-ethyl adjacent to an activating group) is 1. The standard InChI is InChI=1S/C26H31F3N6O2S/c1-32-9-7-20(8-10-32)35(25(37)26(27,28)29)17-23(36)31-24-6-5-22(38-24)18-3-4-21(19(15-18)16-30)34-13-11-33(2)12-14-34/h3-6,15,20H,7-14,17H2,1-2H3,(H,31,36). The molecule has 2 fully saturated rings. The lowest BCUT2D eigenvalue weighted by Crippen LogP contribution is -2.53. The molecule has 1 aromatic carbocycles. The molecule has 0 saturated carbocycles. The van der Waals surface area contributed by atoms with Crippen molar-refractivity contribution in [3.05, 3.63) is 35.9 Å². The van der Waals surface area contributed by atoms with Crippen molar-refractivity contribution in [3.63, 3.8) is 0 Å². The average molecular weight is 549 g/mol. The first-order valence-electron chi connectivity index (χ1n) is 12.5. The third kappa shape index (κ3) is 6.64. The Hall–Kier alpha value is -3.14. The fraction of sp³-hybridized carbons (Fsp3) is 0.500. The van der Waals surface area contributed by atoms with E-state index >= 15 is 0 Å². The molecular formula is C26H31F3N6O2S. The topological polar surface area (TPSA) is 82.9 Å². The smallest absolute Gasteiger partial charge is 0.368 e.